The van der Waals surface area contributed by atoms with Gasteiger partial charge in [-0.3, -0.25) is 9.79 Å². The summed E-state index contributed by atoms with van der Waals surface area (Å²) < 4.78 is 14.4. The van der Waals surface area contributed by atoms with Crippen LogP contribution >= 0.6 is 11.6 Å². The minimum Gasteiger partial charge on any atom is -0.508 e. The zero-order chi connectivity index (χ0) is 23.4. The number of hydrogen-bond donors (Lipinski definition) is 1. The Labute approximate surface area is 191 Å². The van der Waals surface area contributed by atoms with Crippen LogP contribution in [-0.2, 0) is 4.79 Å². The van der Waals surface area contributed by atoms with Crippen molar-refractivity contribution >= 4 is 35.6 Å². The molecule has 1 aliphatic rings. The zero-order valence-electron chi connectivity index (χ0n) is 17.6. The minimum atomic E-state index is -0.542. The molecule has 6 nitrogen and oxygen atoms in total. The molecule has 0 bridgehead atoms. The maximum atomic E-state index is 14.4. The van der Waals surface area contributed by atoms with Crippen LogP contribution in [0.5, 0.6) is 5.75 Å². The third-order valence-electron chi connectivity index (χ3n) is 5.36. The molecule has 1 aliphatic heterocycles. The number of rotatable bonds is 5. The van der Waals surface area contributed by atoms with Crippen molar-refractivity contribution in [1.29, 1.82) is 5.26 Å². The monoisotopic (exact) mass is 452 g/mol. The molecule has 0 atom stereocenters. The summed E-state index contributed by atoms with van der Waals surface area (Å²) in [6, 6.07) is 9.09. The summed E-state index contributed by atoms with van der Waals surface area (Å²) in [5, 5.41) is 19.7. The first kappa shape index (κ1) is 23.0. The molecular weight excluding hydrogens is 431 g/mol. The molecule has 164 valence electrons. The molecule has 1 saturated heterocycles. The van der Waals surface area contributed by atoms with Crippen molar-refractivity contribution in [1.82, 2.24) is 9.80 Å². The van der Waals surface area contributed by atoms with E-state index in [-0.39, 0.29) is 22.2 Å². The van der Waals surface area contributed by atoms with Gasteiger partial charge in [0.05, 0.1) is 23.0 Å². The van der Waals surface area contributed by atoms with Crippen LogP contribution < -0.4 is 0 Å². The molecule has 1 fully saturated rings. The van der Waals surface area contributed by atoms with Gasteiger partial charge in [0.1, 0.15) is 11.6 Å². The molecule has 0 aromatic heterocycles. The molecule has 1 heterocycles. The quantitative estimate of drug-likeness (QED) is 0.402. The van der Waals surface area contributed by atoms with Crippen molar-refractivity contribution in [2.45, 2.75) is 6.92 Å². The van der Waals surface area contributed by atoms with E-state index >= 15 is 0 Å². The third kappa shape index (κ3) is 4.51. The number of amides is 1. The van der Waals surface area contributed by atoms with Crippen molar-refractivity contribution < 1.29 is 14.3 Å². The van der Waals surface area contributed by atoms with Gasteiger partial charge in [0.15, 0.2) is 0 Å². The number of nitriles is 1. The van der Waals surface area contributed by atoms with Gasteiger partial charge in [-0.1, -0.05) is 18.2 Å². The van der Waals surface area contributed by atoms with E-state index in [1.165, 1.54) is 18.2 Å². The summed E-state index contributed by atoms with van der Waals surface area (Å²) in [5.41, 5.74) is 2.56. The Morgan fingerprint density at radius 3 is 2.47 bits per heavy atom. The number of carbonyl (C=O) groups is 1. The lowest BCUT2D eigenvalue weighted by Gasteiger charge is -2.37. The van der Waals surface area contributed by atoms with Gasteiger partial charge < -0.3 is 14.9 Å². The maximum absolute atomic E-state index is 14.4. The van der Waals surface area contributed by atoms with Crippen molar-refractivity contribution in [3.8, 4) is 22.9 Å². The van der Waals surface area contributed by atoms with Crippen LogP contribution in [0.1, 0.15) is 12.5 Å². The van der Waals surface area contributed by atoms with E-state index < -0.39 is 5.82 Å². The van der Waals surface area contributed by atoms with E-state index in [1.54, 1.807) is 24.0 Å². The lowest BCUT2D eigenvalue weighted by Crippen LogP contribution is -2.47. The number of allylic oxidation sites excluding steroid dienone is 1. The number of halogens is 2. The Balaban J connectivity index is 2.08. The summed E-state index contributed by atoms with van der Waals surface area (Å²) in [4.78, 5) is 19.7. The standard InChI is InChI=1S/C24H22ClFN4O2/c1-4-23(32)29-7-9-30(10-8-29)24(15(2)14-27)19-12-20(25)17(13-22(19)28-3)18-11-16(31)5-6-21(18)26/h4-6,11-13,31H,1,3,7-10H2,2H3/b24-15-. The van der Waals surface area contributed by atoms with Crippen LogP contribution in [-0.4, -0.2) is 53.7 Å². The number of phenols is 1. The van der Waals surface area contributed by atoms with E-state index in [4.69, 9.17) is 11.6 Å². The first-order valence-electron chi connectivity index (χ1n) is 9.87. The lowest BCUT2D eigenvalue weighted by molar-refractivity contribution is -0.127. The van der Waals surface area contributed by atoms with Crippen LogP contribution in [0.25, 0.3) is 16.8 Å². The summed E-state index contributed by atoms with van der Waals surface area (Å²) in [6.45, 7) is 10.8. The molecule has 1 N–H and O–H groups in total. The van der Waals surface area contributed by atoms with Gasteiger partial charge in [-0.2, -0.15) is 5.26 Å². The van der Waals surface area contributed by atoms with Gasteiger partial charge in [0.25, 0.3) is 0 Å². The van der Waals surface area contributed by atoms with Crippen LogP contribution in [0, 0.1) is 17.1 Å². The number of hydrogen-bond acceptors (Lipinski definition) is 5. The number of aromatic hydroxyl groups is 1. The van der Waals surface area contributed by atoms with Crippen LogP contribution in [0.3, 0.4) is 0 Å². The van der Waals surface area contributed by atoms with Gasteiger partial charge in [-0.05, 0) is 50.0 Å². The van der Waals surface area contributed by atoms with Crippen molar-refractivity contribution in [2.24, 2.45) is 4.99 Å². The molecule has 0 saturated carbocycles. The molecule has 2 aromatic rings. The Morgan fingerprint density at radius 2 is 1.88 bits per heavy atom. The number of benzene rings is 2. The first-order valence-corrected chi connectivity index (χ1v) is 10.2. The van der Waals surface area contributed by atoms with Crippen LogP contribution in [0.15, 0.2) is 53.6 Å². The van der Waals surface area contributed by atoms with Crippen molar-refractivity contribution in [2.75, 3.05) is 26.2 Å². The Hall–Kier alpha value is -3.63. The maximum Gasteiger partial charge on any atom is 0.246 e. The fraction of sp³-hybridized carbons (Fsp3) is 0.208. The molecule has 3 rings (SSSR count). The molecule has 0 aliphatic carbocycles. The highest BCUT2D eigenvalue weighted by Gasteiger charge is 2.25. The summed E-state index contributed by atoms with van der Waals surface area (Å²) >= 11 is 6.53. The highest BCUT2D eigenvalue weighted by molar-refractivity contribution is 6.33. The zero-order valence-corrected chi connectivity index (χ0v) is 18.4. The molecule has 0 spiro atoms. The van der Waals surface area contributed by atoms with Crippen LogP contribution in [0.4, 0.5) is 10.1 Å². The van der Waals surface area contributed by atoms with Gasteiger partial charge in [0, 0.05) is 47.9 Å². The fourth-order valence-electron chi connectivity index (χ4n) is 3.75. The van der Waals surface area contributed by atoms with E-state index in [1.807, 2.05) is 4.90 Å². The Bertz CT molecular complexity index is 1160. The topological polar surface area (TPSA) is 79.9 Å². The van der Waals surface area contributed by atoms with Crippen LogP contribution in [0.2, 0.25) is 5.02 Å². The average Bonchev–Trinajstić information content (AvgIpc) is 2.81. The summed E-state index contributed by atoms with van der Waals surface area (Å²) in [5.74, 6) is -0.775. The number of nitrogens with zero attached hydrogens (tertiary/aromatic N) is 4. The number of phenolic OH excluding ortho intramolecular Hbond substituents is 1. The van der Waals surface area contributed by atoms with E-state index in [9.17, 15) is 19.6 Å². The van der Waals surface area contributed by atoms with E-state index in [2.05, 4.69) is 24.4 Å². The SMILES string of the molecule is C=CC(=O)N1CCN(/C(=C(/C)C#N)c2cc(Cl)c(-c3cc(O)ccc3F)cc2N=C)CC1. The first-order chi connectivity index (χ1) is 15.3. The molecule has 32 heavy (non-hydrogen) atoms. The molecule has 1 amide bonds. The average molecular weight is 453 g/mol. The minimum absolute atomic E-state index is 0.0949. The second-order valence-electron chi connectivity index (χ2n) is 7.27. The molecular formula is C24H22ClFN4O2. The summed E-state index contributed by atoms with van der Waals surface area (Å²) in [6.07, 6.45) is 1.28. The fourth-order valence-corrected chi connectivity index (χ4v) is 4.02. The van der Waals surface area contributed by atoms with Gasteiger partial charge in [-0.15, -0.1) is 0 Å². The highest BCUT2D eigenvalue weighted by Crippen LogP contribution is 2.40. The predicted molar refractivity (Wildman–Crippen MR) is 124 cm³/mol. The number of carbonyl (C=O) groups excluding carboxylic acids is 1. The highest BCUT2D eigenvalue weighted by atomic mass is 35.5. The van der Waals surface area contributed by atoms with Crippen molar-refractivity contribution in [3.63, 3.8) is 0 Å². The predicted octanol–water partition coefficient (Wildman–Crippen LogP) is 4.77. The normalized spacial score (nSPS) is 14.4. The van der Waals surface area contributed by atoms with E-state index in [0.29, 0.717) is 54.3 Å². The lowest BCUT2D eigenvalue weighted by atomic mass is 9.97. The molecule has 8 heteroatoms. The number of piperazine rings is 1. The molecule has 0 unspecified atom stereocenters. The van der Waals surface area contributed by atoms with E-state index in [0.717, 1.165) is 6.07 Å². The second kappa shape index (κ2) is 9.67. The second-order valence-corrected chi connectivity index (χ2v) is 7.68. The Kier molecular flexibility index (Phi) is 6.96. The smallest absolute Gasteiger partial charge is 0.246 e. The molecule has 0 radical (unpaired) electrons. The van der Waals surface area contributed by atoms with Gasteiger partial charge in [0.2, 0.25) is 5.91 Å². The van der Waals surface area contributed by atoms with Gasteiger partial charge in [-0.25, -0.2) is 4.39 Å². The Morgan fingerprint density at radius 1 is 1.22 bits per heavy atom. The van der Waals surface area contributed by atoms with Crippen molar-refractivity contribution in [3.05, 3.63) is 65.0 Å². The largest absolute Gasteiger partial charge is 0.508 e. The number of aliphatic imine (C=N–C) groups is 1. The molecule has 2 aromatic carbocycles. The third-order valence-corrected chi connectivity index (χ3v) is 5.67. The van der Waals surface area contributed by atoms with Gasteiger partial charge >= 0.3 is 0 Å². The summed E-state index contributed by atoms with van der Waals surface area (Å²) in [7, 11) is 0.